The number of amides is 1. The second-order valence-corrected chi connectivity index (χ2v) is 26.0. The van der Waals surface area contributed by atoms with E-state index in [2.05, 4.69) is 67.8 Å². The number of carbonyl (C=O) groups excluding carboxylic acids is 2. The molecule has 0 rings (SSSR count). The maximum atomic E-state index is 12.5. The number of hydrogen-bond donors (Lipinski definition) is 3. The molecule has 0 bridgehead atoms. The van der Waals surface area contributed by atoms with Crippen molar-refractivity contribution < 1.29 is 24.5 Å². The first-order valence-corrected chi connectivity index (χ1v) is 37.9. The van der Waals surface area contributed by atoms with Crippen molar-refractivity contribution in [3.8, 4) is 0 Å². The quantitative estimate of drug-likeness (QED) is 0.0320. The van der Waals surface area contributed by atoms with Crippen LogP contribution >= 0.6 is 0 Å². The minimum atomic E-state index is -0.662. The molecule has 0 aromatic carbocycles. The Labute approximate surface area is 525 Å². The maximum absolute atomic E-state index is 12.5. The molecule has 0 saturated carbocycles. The first kappa shape index (κ1) is 81.8. The van der Waals surface area contributed by atoms with Gasteiger partial charge in [-0.05, 0) is 89.9 Å². The summed E-state index contributed by atoms with van der Waals surface area (Å²) in [6, 6.07) is -0.539. The number of rotatable bonds is 71. The topological polar surface area (TPSA) is 95.9 Å². The van der Waals surface area contributed by atoms with E-state index in [0.717, 1.165) is 57.8 Å². The molecule has 0 spiro atoms. The molecule has 0 saturated heterocycles. The smallest absolute Gasteiger partial charge is 0.305 e. The van der Waals surface area contributed by atoms with E-state index in [1.54, 1.807) is 0 Å². The molecular formula is C78H147NO5. The van der Waals surface area contributed by atoms with Crippen LogP contribution in [0.1, 0.15) is 412 Å². The third kappa shape index (κ3) is 68.9. The van der Waals surface area contributed by atoms with Crippen molar-refractivity contribution in [2.45, 2.75) is 424 Å². The summed E-state index contributed by atoms with van der Waals surface area (Å²) in [4.78, 5) is 24.6. The fourth-order valence-corrected chi connectivity index (χ4v) is 11.8. The van der Waals surface area contributed by atoms with E-state index in [1.165, 1.54) is 321 Å². The van der Waals surface area contributed by atoms with Gasteiger partial charge in [0.15, 0.2) is 0 Å². The third-order valence-electron chi connectivity index (χ3n) is 17.6. The summed E-state index contributed by atoms with van der Waals surface area (Å²) in [7, 11) is 0. The molecule has 0 fully saturated rings. The molecule has 494 valence electrons. The van der Waals surface area contributed by atoms with E-state index in [0.29, 0.717) is 25.9 Å². The summed E-state index contributed by atoms with van der Waals surface area (Å²) in [5, 5.41) is 23.3. The summed E-state index contributed by atoms with van der Waals surface area (Å²) >= 11 is 0. The normalized spacial score (nSPS) is 12.8. The van der Waals surface area contributed by atoms with Crippen LogP contribution in [-0.4, -0.2) is 47.4 Å². The van der Waals surface area contributed by atoms with Gasteiger partial charge in [-0.2, -0.15) is 0 Å². The molecule has 0 aromatic heterocycles. The van der Waals surface area contributed by atoms with Crippen molar-refractivity contribution in [2.24, 2.45) is 0 Å². The van der Waals surface area contributed by atoms with Crippen LogP contribution in [0.4, 0.5) is 0 Å². The summed E-state index contributed by atoms with van der Waals surface area (Å²) < 4.78 is 5.50. The predicted octanol–water partition coefficient (Wildman–Crippen LogP) is 24.8. The van der Waals surface area contributed by atoms with Gasteiger partial charge in [-0.15, -0.1) is 0 Å². The van der Waals surface area contributed by atoms with Crippen LogP contribution in [0.15, 0.2) is 48.6 Å². The Morgan fingerprint density at radius 2 is 0.595 bits per heavy atom. The Hall–Kier alpha value is -2.18. The summed E-state index contributed by atoms with van der Waals surface area (Å²) in [5.74, 6) is -0.0193. The van der Waals surface area contributed by atoms with Gasteiger partial charge < -0.3 is 20.3 Å². The zero-order chi connectivity index (χ0) is 60.6. The van der Waals surface area contributed by atoms with Gasteiger partial charge in [-0.3, -0.25) is 9.59 Å². The van der Waals surface area contributed by atoms with Gasteiger partial charge in [0.1, 0.15) is 0 Å². The Morgan fingerprint density at radius 3 is 0.929 bits per heavy atom. The first-order chi connectivity index (χ1) is 41.5. The van der Waals surface area contributed by atoms with Crippen molar-refractivity contribution in [3.63, 3.8) is 0 Å². The molecule has 1 amide bonds. The third-order valence-corrected chi connectivity index (χ3v) is 17.6. The molecule has 6 nitrogen and oxygen atoms in total. The van der Waals surface area contributed by atoms with Crippen molar-refractivity contribution in [1.29, 1.82) is 0 Å². The Morgan fingerprint density at radius 1 is 0.333 bits per heavy atom. The summed E-state index contributed by atoms with van der Waals surface area (Å²) in [6.07, 6.45) is 96.2. The Balaban J connectivity index is 3.35. The average molecular weight is 1180 g/mol. The predicted molar refractivity (Wildman–Crippen MR) is 370 cm³/mol. The van der Waals surface area contributed by atoms with Crippen LogP contribution < -0.4 is 5.32 Å². The van der Waals surface area contributed by atoms with E-state index < -0.39 is 12.1 Å². The average Bonchev–Trinajstić information content (AvgIpc) is 3.54. The standard InChI is InChI=1S/C78H147NO5/c1-3-5-7-9-11-13-15-17-18-40-44-48-52-56-60-64-68-72-78(83)84-73-69-65-61-57-53-49-45-42-39-37-35-33-31-29-27-25-23-21-19-20-22-24-26-28-30-32-34-36-38-41-43-47-51-55-59-63-67-71-77(82)79-75(74-80)76(81)70-66-62-58-54-50-46-16-14-12-10-8-6-4-2/h11,13,17-19,21,25,27,75-76,80-81H,3-10,12,14-16,20,22-24,26,28-74H2,1-2H3,(H,79,82)/b13-11-,18-17-,21-19-,27-25-. The van der Waals surface area contributed by atoms with Gasteiger partial charge in [0.25, 0.3) is 0 Å². The van der Waals surface area contributed by atoms with Gasteiger partial charge in [-0.1, -0.05) is 358 Å². The monoisotopic (exact) mass is 1180 g/mol. The van der Waals surface area contributed by atoms with Crippen LogP contribution in [0.5, 0.6) is 0 Å². The van der Waals surface area contributed by atoms with E-state index in [4.69, 9.17) is 4.74 Å². The number of carbonyl (C=O) groups is 2. The highest BCUT2D eigenvalue weighted by molar-refractivity contribution is 5.76. The minimum Gasteiger partial charge on any atom is -0.466 e. The lowest BCUT2D eigenvalue weighted by Gasteiger charge is -2.22. The lowest BCUT2D eigenvalue weighted by atomic mass is 10.0. The highest BCUT2D eigenvalue weighted by atomic mass is 16.5. The second-order valence-electron chi connectivity index (χ2n) is 26.0. The number of ether oxygens (including phenoxy) is 1. The molecule has 0 aromatic rings. The fourth-order valence-electron chi connectivity index (χ4n) is 11.8. The van der Waals surface area contributed by atoms with Gasteiger partial charge in [-0.25, -0.2) is 0 Å². The maximum Gasteiger partial charge on any atom is 0.305 e. The molecule has 0 aliphatic rings. The van der Waals surface area contributed by atoms with Gasteiger partial charge in [0, 0.05) is 12.8 Å². The van der Waals surface area contributed by atoms with Crippen LogP contribution in [0, 0.1) is 0 Å². The lowest BCUT2D eigenvalue weighted by Crippen LogP contribution is -2.45. The van der Waals surface area contributed by atoms with Gasteiger partial charge in [0.05, 0.1) is 25.4 Å². The van der Waals surface area contributed by atoms with E-state index in [9.17, 15) is 19.8 Å². The molecule has 84 heavy (non-hydrogen) atoms. The summed E-state index contributed by atoms with van der Waals surface area (Å²) in [6.45, 7) is 4.95. The largest absolute Gasteiger partial charge is 0.466 e. The zero-order valence-electron chi connectivity index (χ0n) is 56.6. The molecule has 2 atom stereocenters. The molecule has 0 heterocycles. The van der Waals surface area contributed by atoms with Crippen LogP contribution in [0.25, 0.3) is 0 Å². The number of allylic oxidation sites excluding steroid dienone is 8. The molecule has 2 unspecified atom stereocenters. The Kier molecular flexibility index (Phi) is 71.4. The summed E-state index contributed by atoms with van der Waals surface area (Å²) in [5.41, 5.74) is 0. The molecule has 0 aliphatic heterocycles. The minimum absolute atomic E-state index is 0.0112. The molecular weight excluding hydrogens is 1030 g/mol. The van der Waals surface area contributed by atoms with E-state index in [-0.39, 0.29) is 18.5 Å². The van der Waals surface area contributed by atoms with Gasteiger partial charge in [0.2, 0.25) is 5.91 Å². The number of unbranched alkanes of at least 4 members (excludes halogenated alkanes) is 52. The highest BCUT2D eigenvalue weighted by Crippen LogP contribution is 2.19. The van der Waals surface area contributed by atoms with Crippen molar-refractivity contribution >= 4 is 11.9 Å². The van der Waals surface area contributed by atoms with Gasteiger partial charge >= 0.3 is 5.97 Å². The SMILES string of the molecule is CCCCC/C=C\C/C=C\CCCCCCCCCC(=O)OCCCCCCCCCCCCCCC/C=C\C/C=C\CCCCCCCCCCCCCCCCCCCC(=O)NC(CO)C(O)CCCCCCCCCCCCCCC. The molecule has 0 aliphatic carbocycles. The van der Waals surface area contributed by atoms with Crippen molar-refractivity contribution in [1.82, 2.24) is 5.32 Å². The lowest BCUT2D eigenvalue weighted by molar-refractivity contribution is -0.143. The fraction of sp³-hybridized carbons (Fsp3) is 0.872. The van der Waals surface area contributed by atoms with Crippen LogP contribution in [0.3, 0.4) is 0 Å². The number of hydrogen-bond acceptors (Lipinski definition) is 5. The van der Waals surface area contributed by atoms with Crippen LogP contribution in [-0.2, 0) is 14.3 Å². The van der Waals surface area contributed by atoms with Crippen molar-refractivity contribution in [2.75, 3.05) is 13.2 Å². The second kappa shape index (κ2) is 73.3. The number of aliphatic hydroxyl groups excluding tert-OH is 2. The van der Waals surface area contributed by atoms with E-state index >= 15 is 0 Å². The van der Waals surface area contributed by atoms with Crippen molar-refractivity contribution in [3.05, 3.63) is 48.6 Å². The Bertz CT molecular complexity index is 1400. The number of nitrogens with one attached hydrogen (secondary N) is 1. The molecule has 6 heteroatoms. The number of aliphatic hydroxyl groups is 2. The molecule has 3 N–H and O–H groups in total. The molecule has 0 radical (unpaired) electrons. The van der Waals surface area contributed by atoms with Crippen LogP contribution in [0.2, 0.25) is 0 Å². The highest BCUT2D eigenvalue weighted by Gasteiger charge is 2.20. The number of esters is 1. The first-order valence-electron chi connectivity index (χ1n) is 37.9. The van der Waals surface area contributed by atoms with E-state index in [1.807, 2.05) is 0 Å². The zero-order valence-corrected chi connectivity index (χ0v) is 56.6.